The van der Waals surface area contributed by atoms with Gasteiger partial charge in [0.1, 0.15) is 11.4 Å². The normalized spacial score (nSPS) is 12.5. The topological polar surface area (TPSA) is 291 Å². The second-order valence-electron chi connectivity index (χ2n) is 13.5. The SMILES string of the molecule is CC(C)(C#N)CC(=O)c1cc(Cl)cc(Cl)c1N.CC(C)(CC(=O)c1cc(Cl)cc(Cl)c1N)C(N)=O.CC1(C)N=C(c2cc(Cl)cc(Cl)c2N)NC1=O.OO.[K+].[OH-]. The van der Waals surface area contributed by atoms with Crippen molar-refractivity contribution in [2.45, 2.75) is 59.9 Å². The number of Topliss-reactive ketones (excluding diaryl/α,β-unsaturated/α-hetero) is 2. The molecule has 14 nitrogen and oxygen atoms in total. The molecule has 12 N–H and O–H groups in total. The van der Waals surface area contributed by atoms with E-state index in [0.717, 1.165) is 0 Å². The number of primary amides is 1. The molecule has 2 amide bonds. The van der Waals surface area contributed by atoms with E-state index in [1.54, 1.807) is 53.7 Å². The number of nitrogens with one attached hydrogen (secondary N) is 1. The fraction of sp³-hybridized carbons (Fsp3) is 0.314. The van der Waals surface area contributed by atoms with Gasteiger partial charge in [0.15, 0.2) is 11.6 Å². The molecule has 0 aliphatic carbocycles. The Morgan fingerprint density at radius 2 is 1.14 bits per heavy atom. The van der Waals surface area contributed by atoms with Crippen LogP contribution in [0.2, 0.25) is 30.1 Å². The average Bonchev–Trinajstić information content (AvgIpc) is 3.34. The van der Waals surface area contributed by atoms with E-state index in [0.29, 0.717) is 37.2 Å². The minimum Gasteiger partial charge on any atom is -0.870 e. The molecular formula is C35H40Cl6KN7O7. The summed E-state index contributed by atoms with van der Waals surface area (Å²) < 4.78 is 0. The van der Waals surface area contributed by atoms with Gasteiger partial charge in [-0.25, -0.2) is 0 Å². The molecular weight excluding hydrogens is 882 g/mol. The van der Waals surface area contributed by atoms with Gasteiger partial charge >= 0.3 is 51.4 Å². The number of benzene rings is 3. The van der Waals surface area contributed by atoms with Gasteiger partial charge in [0.2, 0.25) is 5.91 Å². The smallest absolute Gasteiger partial charge is 0.870 e. The molecule has 21 heteroatoms. The zero-order valence-corrected chi connectivity index (χ0v) is 39.0. The summed E-state index contributed by atoms with van der Waals surface area (Å²) in [5, 5.41) is 25.5. The van der Waals surface area contributed by atoms with Crippen LogP contribution in [0.25, 0.3) is 0 Å². The second-order valence-corrected chi connectivity index (χ2v) is 16.0. The van der Waals surface area contributed by atoms with Gasteiger partial charge in [0.25, 0.3) is 5.91 Å². The van der Waals surface area contributed by atoms with Crippen LogP contribution in [0.4, 0.5) is 17.1 Å². The Morgan fingerprint density at radius 1 is 0.768 bits per heavy atom. The van der Waals surface area contributed by atoms with Crippen molar-refractivity contribution in [3.63, 3.8) is 0 Å². The zero-order valence-electron chi connectivity index (χ0n) is 31.3. The number of amidine groups is 1. The summed E-state index contributed by atoms with van der Waals surface area (Å²) in [5.74, 6) is -0.883. The molecule has 0 spiro atoms. The molecule has 0 fully saturated rings. The number of halogens is 6. The summed E-state index contributed by atoms with van der Waals surface area (Å²) in [6.07, 6.45) is 0.0214. The van der Waals surface area contributed by atoms with Crippen molar-refractivity contribution in [2.75, 3.05) is 17.2 Å². The second kappa shape index (κ2) is 23.4. The first kappa shape index (κ1) is 55.9. The number of nitrogens with zero attached hydrogens (tertiary/aromatic N) is 2. The van der Waals surface area contributed by atoms with Crippen molar-refractivity contribution < 1.29 is 86.6 Å². The summed E-state index contributed by atoms with van der Waals surface area (Å²) >= 11 is 35.1. The first-order valence-corrected chi connectivity index (χ1v) is 17.6. The third-order valence-corrected chi connectivity index (χ3v) is 9.09. The molecule has 1 aliphatic rings. The summed E-state index contributed by atoms with van der Waals surface area (Å²) in [6, 6.07) is 11.1. The number of hydrogen-bond donors (Lipinski definition) is 7. The van der Waals surface area contributed by atoms with Crippen molar-refractivity contribution in [2.24, 2.45) is 21.6 Å². The number of anilines is 3. The first-order chi connectivity index (χ1) is 24.7. The molecule has 56 heavy (non-hydrogen) atoms. The van der Waals surface area contributed by atoms with E-state index in [-0.39, 0.29) is 120 Å². The molecule has 3 aromatic rings. The van der Waals surface area contributed by atoms with Crippen molar-refractivity contribution in [1.82, 2.24) is 5.32 Å². The molecule has 3 aromatic carbocycles. The van der Waals surface area contributed by atoms with Crippen LogP contribution in [0, 0.1) is 22.2 Å². The maximum atomic E-state index is 12.1. The monoisotopic (exact) mass is 919 g/mol. The van der Waals surface area contributed by atoms with E-state index < -0.39 is 22.3 Å². The van der Waals surface area contributed by atoms with Crippen LogP contribution in [0.5, 0.6) is 0 Å². The number of aliphatic imine (C=N–C) groups is 1. The third-order valence-electron chi connectivity index (χ3n) is 7.49. The molecule has 0 atom stereocenters. The van der Waals surface area contributed by atoms with Crippen LogP contribution in [-0.4, -0.2) is 50.7 Å². The Labute approximate surface area is 396 Å². The predicted octanol–water partition coefficient (Wildman–Crippen LogP) is 5.43. The van der Waals surface area contributed by atoms with Gasteiger partial charge < -0.3 is 33.7 Å². The summed E-state index contributed by atoms with van der Waals surface area (Å²) in [6.45, 7) is 10.0. The molecule has 300 valence electrons. The summed E-state index contributed by atoms with van der Waals surface area (Å²) in [7, 11) is 0. The van der Waals surface area contributed by atoms with E-state index in [2.05, 4.69) is 16.4 Å². The van der Waals surface area contributed by atoms with E-state index in [1.807, 2.05) is 0 Å². The van der Waals surface area contributed by atoms with E-state index in [1.165, 1.54) is 24.3 Å². The third kappa shape index (κ3) is 15.8. The predicted molar refractivity (Wildman–Crippen MR) is 219 cm³/mol. The van der Waals surface area contributed by atoms with Gasteiger partial charge in [-0.15, -0.1) is 0 Å². The van der Waals surface area contributed by atoms with Gasteiger partial charge in [-0.05, 0) is 64.1 Å². The number of ketones is 2. The standard InChI is InChI=1S/C12H14Cl2N2O2.C12H12Cl2N2O.C11H11Cl2N3O.K.H2O2.H2O/c1-12(2,11(16)18)5-9(17)7-3-6(13)4-8(14)10(7)15;1-12(2,6-15)5-10(17)8-3-7(13)4-9(14)11(8)16;1-11(2)10(17)15-9(16-11)6-3-5(12)4-7(13)8(6)14;;1-2;/h3-4H,5,15H2,1-2H3,(H2,16,18);3-4H,5,16H2,1-2H3;3-4H,14H2,1-2H3,(H,15,16,17);;1-2H;1H2/q;;;+1;;/p-1. The maximum absolute atomic E-state index is 12.1. The fourth-order valence-electron chi connectivity index (χ4n) is 4.28. The summed E-state index contributed by atoms with van der Waals surface area (Å²) in [4.78, 5) is 51.2. The van der Waals surface area contributed by atoms with Gasteiger partial charge in [0, 0.05) is 44.6 Å². The van der Waals surface area contributed by atoms with E-state index in [9.17, 15) is 19.2 Å². The van der Waals surface area contributed by atoms with Crippen LogP contribution in [-0.2, 0) is 9.59 Å². The van der Waals surface area contributed by atoms with Crippen LogP contribution in [0.1, 0.15) is 80.7 Å². The minimum atomic E-state index is -0.946. The molecule has 0 saturated heterocycles. The molecule has 0 bridgehead atoms. The number of hydrogen-bond acceptors (Lipinski definition) is 12. The maximum Gasteiger partial charge on any atom is 1.00 e. The van der Waals surface area contributed by atoms with Gasteiger partial charge in [-0.1, -0.05) is 83.5 Å². The number of nitrogen functional groups attached to an aromatic ring is 3. The van der Waals surface area contributed by atoms with E-state index >= 15 is 0 Å². The Balaban J connectivity index is 0. The van der Waals surface area contributed by atoms with Crippen molar-refractivity contribution in [1.29, 1.82) is 5.26 Å². The Morgan fingerprint density at radius 3 is 1.50 bits per heavy atom. The molecule has 0 saturated carbocycles. The molecule has 1 heterocycles. The van der Waals surface area contributed by atoms with Crippen molar-refractivity contribution in [3.05, 3.63) is 83.2 Å². The largest absolute Gasteiger partial charge is 1.00 e. The molecule has 4 rings (SSSR count). The van der Waals surface area contributed by atoms with Gasteiger partial charge in [-0.3, -0.25) is 34.7 Å². The molecule has 1 aliphatic heterocycles. The molecule has 0 aromatic heterocycles. The Bertz CT molecular complexity index is 2020. The van der Waals surface area contributed by atoms with Crippen LogP contribution in [0.15, 0.2) is 41.4 Å². The van der Waals surface area contributed by atoms with Crippen LogP contribution in [0.3, 0.4) is 0 Å². The Kier molecular flexibility index (Phi) is 23.3. The number of nitriles is 1. The number of carbonyl (C=O) groups excluding carboxylic acids is 4. The number of nitrogens with two attached hydrogens (primary N) is 4. The fourth-order valence-corrected chi connectivity index (χ4v) is 5.76. The number of rotatable bonds is 8. The number of amides is 2. The van der Waals surface area contributed by atoms with Crippen molar-refractivity contribution >= 4 is 116 Å². The molecule has 0 radical (unpaired) electrons. The van der Waals surface area contributed by atoms with Gasteiger partial charge in [0.05, 0.1) is 49.0 Å². The summed E-state index contributed by atoms with van der Waals surface area (Å²) in [5.41, 5.74) is 21.8. The van der Waals surface area contributed by atoms with E-state index in [4.69, 9.17) is 108 Å². The van der Waals surface area contributed by atoms with Gasteiger partial charge in [-0.2, -0.15) is 5.26 Å². The minimum absolute atomic E-state index is 0. The average molecular weight is 923 g/mol. The van der Waals surface area contributed by atoms with Crippen LogP contribution >= 0.6 is 69.6 Å². The zero-order chi connectivity index (χ0) is 42.1. The quantitative estimate of drug-likeness (QED) is 0.0491. The Hall–Kier alpha value is -2.24. The molecule has 0 unspecified atom stereocenters. The number of carbonyl (C=O) groups is 4. The first-order valence-electron chi connectivity index (χ1n) is 15.4. The van der Waals surface area contributed by atoms with Crippen LogP contribution < -0.4 is 79.6 Å². The van der Waals surface area contributed by atoms with Crippen molar-refractivity contribution in [3.8, 4) is 6.07 Å².